The molecular weight excluding hydrogens is 294 g/mol. The number of aromatic nitrogens is 4. The fraction of sp³-hybridized carbons (Fsp3) is 0.375. The van der Waals surface area contributed by atoms with Crippen molar-refractivity contribution in [3.8, 4) is 0 Å². The first-order valence-electron chi connectivity index (χ1n) is 7.66. The van der Waals surface area contributed by atoms with Crippen LogP contribution in [0.2, 0.25) is 0 Å². The highest BCUT2D eigenvalue weighted by Crippen LogP contribution is 2.40. The molecule has 1 saturated heterocycles. The number of hydrogen-bond donors (Lipinski definition) is 1. The fourth-order valence-electron chi connectivity index (χ4n) is 3.63. The second kappa shape index (κ2) is 5.19. The van der Waals surface area contributed by atoms with E-state index >= 15 is 0 Å². The molecule has 1 fully saturated rings. The topological polar surface area (TPSA) is 84.1 Å². The maximum Gasteiger partial charge on any atom is 0.356 e. The van der Waals surface area contributed by atoms with Crippen LogP contribution in [0.5, 0.6) is 0 Å². The van der Waals surface area contributed by atoms with Crippen molar-refractivity contribution >= 4 is 17.4 Å². The van der Waals surface area contributed by atoms with Gasteiger partial charge < -0.3 is 10.0 Å². The highest BCUT2D eigenvalue weighted by molar-refractivity contribution is 5.85. The molecule has 118 valence electrons. The molecule has 0 spiro atoms. The maximum atomic E-state index is 10.9. The molecular formula is C16H17N5O2. The Hall–Kier alpha value is -2.70. The lowest BCUT2D eigenvalue weighted by molar-refractivity contribution is 0.0690. The van der Waals surface area contributed by atoms with E-state index in [0.29, 0.717) is 6.04 Å². The summed E-state index contributed by atoms with van der Waals surface area (Å²) in [6.07, 6.45) is 10.1. The minimum absolute atomic E-state index is 0.0239. The molecule has 2 aliphatic rings. The molecule has 23 heavy (non-hydrogen) atoms. The number of carboxylic acid groups (broad SMARTS) is 1. The van der Waals surface area contributed by atoms with E-state index in [1.807, 2.05) is 24.0 Å². The van der Waals surface area contributed by atoms with Crippen LogP contribution in [0.15, 0.2) is 30.7 Å². The largest absolute Gasteiger partial charge is 0.476 e. The fourth-order valence-corrected chi connectivity index (χ4v) is 3.63. The van der Waals surface area contributed by atoms with E-state index in [-0.39, 0.29) is 11.7 Å². The van der Waals surface area contributed by atoms with Crippen LogP contribution in [0.25, 0.3) is 5.57 Å². The molecule has 1 N–H and O–H groups in total. The van der Waals surface area contributed by atoms with Crippen molar-refractivity contribution < 1.29 is 9.90 Å². The Morgan fingerprint density at radius 3 is 2.78 bits per heavy atom. The van der Waals surface area contributed by atoms with Gasteiger partial charge in [-0.25, -0.2) is 14.8 Å². The van der Waals surface area contributed by atoms with Crippen molar-refractivity contribution in [2.24, 2.45) is 7.05 Å². The van der Waals surface area contributed by atoms with Gasteiger partial charge in [0.05, 0.1) is 18.1 Å². The van der Waals surface area contributed by atoms with E-state index in [1.165, 1.54) is 11.8 Å². The molecule has 4 rings (SSSR count). The Morgan fingerprint density at radius 2 is 2.17 bits per heavy atom. The number of rotatable bonds is 3. The van der Waals surface area contributed by atoms with Crippen LogP contribution in [0.1, 0.15) is 35.4 Å². The molecule has 7 nitrogen and oxygen atoms in total. The van der Waals surface area contributed by atoms with Gasteiger partial charge in [-0.05, 0) is 30.9 Å². The van der Waals surface area contributed by atoms with Crippen LogP contribution in [-0.4, -0.2) is 42.9 Å². The van der Waals surface area contributed by atoms with Crippen molar-refractivity contribution in [2.75, 3.05) is 4.90 Å². The molecule has 4 heterocycles. The molecule has 0 amide bonds. The highest BCUT2D eigenvalue weighted by atomic mass is 16.4. The number of carboxylic acids is 1. The summed E-state index contributed by atoms with van der Waals surface area (Å²) in [7, 11) is 1.96. The molecule has 2 aromatic heterocycles. The van der Waals surface area contributed by atoms with Crippen molar-refractivity contribution in [1.29, 1.82) is 0 Å². The van der Waals surface area contributed by atoms with Crippen LogP contribution in [-0.2, 0) is 7.05 Å². The predicted octanol–water partition coefficient (Wildman–Crippen LogP) is 1.73. The monoisotopic (exact) mass is 311 g/mol. The molecule has 2 bridgehead atoms. The van der Waals surface area contributed by atoms with E-state index in [1.54, 1.807) is 6.20 Å². The minimum Gasteiger partial charge on any atom is -0.476 e. The lowest BCUT2D eigenvalue weighted by Gasteiger charge is -2.34. The zero-order valence-electron chi connectivity index (χ0n) is 12.8. The minimum atomic E-state index is -1.05. The second-order valence-corrected chi connectivity index (χ2v) is 6.01. The first kappa shape index (κ1) is 13.9. The number of aromatic carboxylic acids is 1. The zero-order chi connectivity index (χ0) is 16.0. The Bertz CT molecular complexity index is 780. The Kier molecular flexibility index (Phi) is 3.14. The van der Waals surface area contributed by atoms with Gasteiger partial charge in [0, 0.05) is 25.3 Å². The quantitative estimate of drug-likeness (QED) is 0.929. The summed E-state index contributed by atoms with van der Waals surface area (Å²) in [5.41, 5.74) is 2.46. The number of carbonyl (C=O) groups is 1. The number of fused-ring (bicyclic) bond motifs is 2. The van der Waals surface area contributed by atoms with Crippen molar-refractivity contribution in [1.82, 2.24) is 19.7 Å². The molecule has 2 aliphatic heterocycles. The van der Waals surface area contributed by atoms with Crippen molar-refractivity contribution in [3.05, 3.63) is 42.1 Å². The summed E-state index contributed by atoms with van der Waals surface area (Å²) in [5, 5.41) is 13.2. The number of aryl methyl sites for hydroxylation is 1. The summed E-state index contributed by atoms with van der Waals surface area (Å²) in [5.74, 6) is -0.299. The summed E-state index contributed by atoms with van der Waals surface area (Å²) in [6.45, 7) is 0. The summed E-state index contributed by atoms with van der Waals surface area (Å²) >= 11 is 0. The van der Waals surface area contributed by atoms with Gasteiger partial charge in [0.1, 0.15) is 5.82 Å². The van der Waals surface area contributed by atoms with Gasteiger partial charge in [-0.2, -0.15) is 5.10 Å². The van der Waals surface area contributed by atoms with Gasteiger partial charge in [0.15, 0.2) is 5.69 Å². The first-order chi connectivity index (χ1) is 11.1. The van der Waals surface area contributed by atoms with Gasteiger partial charge in [-0.3, -0.25) is 4.68 Å². The number of anilines is 1. The average molecular weight is 311 g/mol. The van der Waals surface area contributed by atoms with Gasteiger partial charge >= 0.3 is 5.97 Å². The lowest BCUT2D eigenvalue weighted by Crippen LogP contribution is -2.39. The molecule has 0 radical (unpaired) electrons. The van der Waals surface area contributed by atoms with E-state index in [0.717, 1.165) is 30.8 Å². The average Bonchev–Trinajstić information content (AvgIpc) is 3.08. The van der Waals surface area contributed by atoms with Crippen LogP contribution < -0.4 is 4.90 Å². The van der Waals surface area contributed by atoms with E-state index in [9.17, 15) is 4.79 Å². The molecule has 0 aromatic carbocycles. The Labute approximate surface area is 133 Å². The van der Waals surface area contributed by atoms with Crippen LogP contribution in [0.4, 0.5) is 5.82 Å². The molecule has 2 atom stereocenters. The Morgan fingerprint density at radius 1 is 1.30 bits per heavy atom. The third kappa shape index (κ3) is 2.28. The van der Waals surface area contributed by atoms with Gasteiger partial charge in [-0.1, -0.05) is 6.08 Å². The number of hydrogen-bond acceptors (Lipinski definition) is 5. The smallest absolute Gasteiger partial charge is 0.356 e. The highest BCUT2D eigenvalue weighted by Gasteiger charge is 2.38. The molecule has 7 heteroatoms. The second-order valence-electron chi connectivity index (χ2n) is 6.01. The Balaban J connectivity index is 1.64. The van der Waals surface area contributed by atoms with E-state index in [2.05, 4.69) is 26.0 Å². The first-order valence-corrected chi connectivity index (χ1v) is 7.66. The molecule has 0 saturated carbocycles. The third-order valence-electron chi connectivity index (χ3n) is 4.67. The SMILES string of the molecule is Cn1nccc1C1=CC2CCC(C1)N2c1cnc(C(=O)O)cn1. The van der Waals surface area contributed by atoms with Crippen molar-refractivity contribution in [3.63, 3.8) is 0 Å². The van der Waals surface area contributed by atoms with Crippen LogP contribution >= 0.6 is 0 Å². The van der Waals surface area contributed by atoms with E-state index in [4.69, 9.17) is 5.11 Å². The van der Waals surface area contributed by atoms with Gasteiger partial charge in [0.2, 0.25) is 0 Å². The lowest BCUT2D eigenvalue weighted by atomic mass is 9.98. The van der Waals surface area contributed by atoms with Crippen molar-refractivity contribution in [2.45, 2.75) is 31.3 Å². The molecule has 2 unspecified atom stereocenters. The molecule has 0 aliphatic carbocycles. The maximum absolute atomic E-state index is 10.9. The van der Waals surface area contributed by atoms with Crippen LogP contribution in [0.3, 0.4) is 0 Å². The standard InChI is InChI=1S/C16H17N5O2/c1-20-14(4-5-19-20)10-6-11-2-3-12(7-10)21(11)15-9-17-13(8-18-15)16(22)23/h4-6,8-9,11-12H,2-3,7H2,1H3,(H,22,23). The zero-order valence-corrected chi connectivity index (χ0v) is 12.8. The van der Waals surface area contributed by atoms with E-state index < -0.39 is 5.97 Å². The molecule has 2 aromatic rings. The van der Waals surface area contributed by atoms with Gasteiger partial charge in [0.25, 0.3) is 0 Å². The third-order valence-corrected chi connectivity index (χ3v) is 4.67. The normalized spacial score (nSPS) is 23.0. The summed E-state index contributed by atoms with van der Waals surface area (Å²) in [4.78, 5) is 21.5. The predicted molar refractivity (Wildman–Crippen MR) is 84.1 cm³/mol. The van der Waals surface area contributed by atoms with Gasteiger partial charge in [-0.15, -0.1) is 0 Å². The summed E-state index contributed by atoms with van der Waals surface area (Å²) < 4.78 is 1.91. The summed E-state index contributed by atoms with van der Waals surface area (Å²) in [6, 6.07) is 2.70. The van der Waals surface area contributed by atoms with Crippen LogP contribution in [0, 0.1) is 0 Å². The number of nitrogens with zero attached hydrogens (tertiary/aromatic N) is 5.